The van der Waals surface area contributed by atoms with Gasteiger partial charge in [0.1, 0.15) is 0 Å². The van der Waals surface area contributed by atoms with Crippen LogP contribution in [-0.4, -0.2) is 22.0 Å². The summed E-state index contributed by atoms with van der Waals surface area (Å²) < 4.78 is 0. The molecule has 2 rings (SSSR count). The van der Waals surface area contributed by atoms with Crippen molar-refractivity contribution in [2.24, 2.45) is 0 Å². The third-order valence-corrected chi connectivity index (χ3v) is 3.12. The standard InChI is InChI=1S/C13H12N2O3S/c16-12(5-9-3-4-19-8-9)15-11-2-1-10(14-7-11)6-13(17)18/h1-4,7-8H,5-6H2,(H,15,16)(H,17,18). The van der Waals surface area contributed by atoms with Gasteiger partial charge in [-0.1, -0.05) is 0 Å². The van der Waals surface area contributed by atoms with Crippen LogP contribution in [0.15, 0.2) is 35.2 Å². The monoisotopic (exact) mass is 276 g/mol. The van der Waals surface area contributed by atoms with E-state index in [1.54, 1.807) is 23.5 Å². The van der Waals surface area contributed by atoms with Gasteiger partial charge < -0.3 is 10.4 Å². The molecule has 2 aromatic heterocycles. The highest BCUT2D eigenvalue weighted by molar-refractivity contribution is 7.08. The second kappa shape index (κ2) is 6.10. The summed E-state index contributed by atoms with van der Waals surface area (Å²) in [7, 11) is 0. The van der Waals surface area contributed by atoms with Crippen LogP contribution < -0.4 is 5.32 Å². The molecular formula is C13H12N2O3S. The van der Waals surface area contributed by atoms with Gasteiger partial charge in [-0.25, -0.2) is 0 Å². The molecule has 0 aliphatic carbocycles. The molecular weight excluding hydrogens is 264 g/mol. The van der Waals surface area contributed by atoms with Crippen LogP contribution in [0.1, 0.15) is 11.3 Å². The van der Waals surface area contributed by atoms with Gasteiger partial charge in [-0.05, 0) is 34.5 Å². The van der Waals surface area contributed by atoms with Gasteiger partial charge in [0.2, 0.25) is 5.91 Å². The minimum Gasteiger partial charge on any atom is -0.481 e. The first kappa shape index (κ1) is 13.2. The minimum atomic E-state index is -0.929. The molecule has 0 aromatic carbocycles. The molecule has 2 heterocycles. The molecule has 2 N–H and O–H groups in total. The highest BCUT2D eigenvalue weighted by Gasteiger charge is 2.06. The van der Waals surface area contributed by atoms with Gasteiger partial charge in [-0.2, -0.15) is 11.3 Å². The molecule has 0 aliphatic rings. The van der Waals surface area contributed by atoms with Crippen LogP contribution in [0, 0.1) is 0 Å². The Balaban J connectivity index is 1.92. The van der Waals surface area contributed by atoms with Gasteiger partial charge in [-0.15, -0.1) is 0 Å². The van der Waals surface area contributed by atoms with Gasteiger partial charge in [0.25, 0.3) is 0 Å². The molecule has 0 aliphatic heterocycles. The first-order valence-corrected chi connectivity index (χ1v) is 6.55. The highest BCUT2D eigenvalue weighted by atomic mass is 32.1. The number of nitrogens with zero attached hydrogens (tertiary/aromatic N) is 1. The number of amides is 1. The van der Waals surface area contributed by atoms with Crippen LogP contribution in [0.5, 0.6) is 0 Å². The number of carboxylic acids is 1. The lowest BCUT2D eigenvalue weighted by molar-refractivity contribution is -0.136. The predicted octanol–water partition coefficient (Wildman–Crippen LogP) is 1.95. The lowest BCUT2D eigenvalue weighted by atomic mass is 10.2. The van der Waals surface area contributed by atoms with Crippen molar-refractivity contribution in [1.82, 2.24) is 4.98 Å². The zero-order valence-electron chi connectivity index (χ0n) is 10.00. The summed E-state index contributed by atoms with van der Waals surface area (Å²) in [4.78, 5) is 26.2. The average molecular weight is 276 g/mol. The Bertz CT molecular complexity index is 564. The Morgan fingerprint density at radius 1 is 1.26 bits per heavy atom. The first-order valence-electron chi connectivity index (χ1n) is 5.61. The Morgan fingerprint density at radius 2 is 2.11 bits per heavy atom. The number of rotatable bonds is 5. The fourth-order valence-corrected chi connectivity index (χ4v) is 2.21. The summed E-state index contributed by atoms with van der Waals surface area (Å²) in [6, 6.07) is 5.14. The SMILES string of the molecule is O=C(O)Cc1ccc(NC(=O)Cc2ccsc2)cn1. The van der Waals surface area contributed by atoms with Crippen LogP contribution in [0.4, 0.5) is 5.69 Å². The number of hydrogen-bond donors (Lipinski definition) is 2. The number of nitrogens with one attached hydrogen (secondary N) is 1. The van der Waals surface area contributed by atoms with E-state index in [-0.39, 0.29) is 12.3 Å². The van der Waals surface area contributed by atoms with Crippen molar-refractivity contribution in [3.63, 3.8) is 0 Å². The molecule has 2 aromatic rings. The number of thiophene rings is 1. The molecule has 0 atom stereocenters. The number of pyridine rings is 1. The van der Waals surface area contributed by atoms with Gasteiger partial charge in [0.15, 0.2) is 0 Å². The molecule has 0 spiro atoms. The lowest BCUT2D eigenvalue weighted by Gasteiger charge is -2.04. The number of anilines is 1. The fourth-order valence-electron chi connectivity index (χ4n) is 1.54. The maximum atomic E-state index is 11.7. The van der Waals surface area contributed by atoms with Crippen molar-refractivity contribution in [2.45, 2.75) is 12.8 Å². The van der Waals surface area contributed by atoms with Gasteiger partial charge >= 0.3 is 5.97 Å². The highest BCUT2D eigenvalue weighted by Crippen LogP contribution is 2.10. The van der Waals surface area contributed by atoms with Crippen LogP contribution >= 0.6 is 11.3 Å². The number of carbonyl (C=O) groups excluding carboxylic acids is 1. The summed E-state index contributed by atoms with van der Waals surface area (Å²) in [5.74, 6) is -1.05. The van der Waals surface area contributed by atoms with Crippen LogP contribution in [0.25, 0.3) is 0 Å². The molecule has 5 nitrogen and oxygen atoms in total. The van der Waals surface area contributed by atoms with Crippen molar-refractivity contribution in [1.29, 1.82) is 0 Å². The molecule has 0 saturated heterocycles. The number of hydrogen-bond acceptors (Lipinski definition) is 4. The van der Waals surface area contributed by atoms with Gasteiger partial charge in [0.05, 0.1) is 30.4 Å². The quantitative estimate of drug-likeness (QED) is 0.874. The minimum absolute atomic E-state index is 0.119. The molecule has 6 heteroatoms. The average Bonchev–Trinajstić information content (AvgIpc) is 2.83. The molecule has 98 valence electrons. The molecule has 19 heavy (non-hydrogen) atoms. The van der Waals surface area contributed by atoms with Crippen molar-refractivity contribution in [2.75, 3.05) is 5.32 Å². The van der Waals surface area contributed by atoms with E-state index in [4.69, 9.17) is 5.11 Å². The van der Waals surface area contributed by atoms with E-state index in [9.17, 15) is 9.59 Å². The number of aromatic nitrogens is 1. The molecule has 0 saturated carbocycles. The van der Waals surface area contributed by atoms with E-state index in [2.05, 4.69) is 10.3 Å². The number of carboxylic acid groups (broad SMARTS) is 1. The maximum absolute atomic E-state index is 11.7. The largest absolute Gasteiger partial charge is 0.481 e. The molecule has 0 radical (unpaired) electrons. The Kier molecular flexibility index (Phi) is 4.25. The Morgan fingerprint density at radius 3 is 2.68 bits per heavy atom. The van der Waals surface area contributed by atoms with Crippen LogP contribution in [0.3, 0.4) is 0 Å². The maximum Gasteiger partial charge on any atom is 0.309 e. The predicted molar refractivity (Wildman–Crippen MR) is 72.2 cm³/mol. The summed E-state index contributed by atoms with van der Waals surface area (Å²) in [5, 5.41) is 15.2. The Hall–Kier alpha value is -2.21. The zero-order valence-corrected chi connectivity index (χ0v) is 10.8. The van der Waals surface area contributed by atoms with E-state index in [0.717, 1.165) is 5.56 Å². The van der Waals surface area contributed by atoms with E-state index in [0.29, 0.717) is 17.8 Å². The summed E-state index contributed by atoms with van der Waals surface area (Å²) in [6.45, 7) is 0. The molecule has 1 amide bonds. The lowest BCUT2D eigenvalue weighted by Crippen LogP contribution is -2.14. The number of carbonyl (C=O) groups is 2. The zero-order chi connectivity index (χ0) is 13.7. The summed E-state index contributed by atoms with van der Waals surface area (Å²) in [6.07, 6.45) is 1.66. The van der Waals surface area contributed by atoms with Crippen molar-refractivity contribution < 1.29 is 14.7 Å². The molecule has 0 unspecified atom stereocenters. The normalized spacial score (nSPS) is 10.1. The second-order valence-corrected chi connectivity index (χ2v) is 4.75. The smallest absolute Gasteiger partial charge is 0.309 e. The third kappa shape index (κ3) is 4.18. The topological polar surface area (TPSA) is 79.3 Å². The third-order valence-electron chi connectivity index (χ3n) is 2.39. The van der Waals surface area contributed by atoms with E-state index in [1.165, 1.54) is 6.20 Å². The van der Waals surface area contributed by atoms with Crippen molar-refractivity contribution in [3.8, 4) is 0 Å². The fraction of sp³-hybridized carbons (Fsp3) is 0.154. The van der Waals surface area contributed by atoms with Gasteiger partial charge in [-0.3, -0.25) is 14.6 Å². The van der Waals surface area contributed by atoms with E-state index >= 15 is 0 Å². The Labute approximate surface area is 113 Å². The van der Waals surface area contributed by atoms with E-state index < -0.39 is 5.97 Å². The molecule has 0 bridgehead atoms. The number of aliphatic carboxylic acids is 1. The van der Waals surface area contributed by atoms with Crippen LogP contribution in [0.2, 0.25) is 0 Å². The summed E-state index contributed by atoms with van der Waals surface area (Å²) in [5.41, 5.74) is 2.00. The second-order valence-electron chi connectivity index (χ2n) is 3.97. The summed E-state index contributed by atoms with van der Waals surface area (Å²) >= 11 is 1.55. The molecule has 0 fully saturated rings. The van der Waals surface area contributed by atoms with Gasteiger partial charge in [0, 0.05) is 0 Å². The first-order chi connectivity index (χ1) is 9.13. The van der Waals surface area contributed by atoms with E-state index in [1.807, 2.05) is 16.8 Å². The van der Waals surface area contributed by atoms with Crippen molar-refractivity contribution >= 4 is 28.9 Å². The van der Waals surface area contributed by atoms with Crippen LogP contribution in [-0.2, 0) is 22.4 Å². The van der Waals surface area contributed by atoms with Crippen molar-refractivity contribution in [3.05, 3.63) is 46.4 Å².